The van der Waals surface area contributed by atoms with Crippen molar-refractivity contribution in [3.63, 3.8) is 0 Å². The van der Waals surface area contributed by atoms with Gasteiger partial charge in [0.1, 0.15) is 29.6 Å². The molecule has 0 fully saturated rings. The van der Waals surface area contributed by atoms with Crippen LogP contribution in [0.4, 0.5) is 14.5 Å². The first-order valence-corrected chi connectivity index (χ1v) is 5.18. The van der Waals surface area contributed by atoms with Gasteiger partial charge in [0.05, 0.1) is 11.3 Å². The molecule has 0 aliphatic heterocycles. The van der Waals surface area contributed by atoms with Gasteiger partial charge in [0.2, 0.25) is 0 Å². The summed E-state index contributed by atoms with van der Waals surface area (Å²) in [7, 11) is 0. The number of hydrogen-bond acceptors (Lipinski definition) is 6. The number of aryl methyl sites for hydroxylation is 1. The van der Waals surface area contributed by atoms with Gasteiger partial charge < -0.3 is 10.5 Å². The number of nitrogens with zero attached hydrogens (tertiary/aromatic N) is 2. The number of carbonyl (C=O) groups excluding carboxylic acids is 1. The monoisotopic (exact) mass is 269 g/mol. The number of rotatable bonds is 3. The van der Waals surface area contributed by atoms with E-state index in [0.29, 0.717) is 17.5 Å². The second-order valence-corrected chi connectivity index (χ2v) is 3.73. The molecule has 1 aromatic heterocycles. The number of anilines is 1. The van der Waals surface area contributed by atoms with Crippen LogP contribution >= 0.6 is 0 Å². The molecule has 2 rings (SSSR count). The van der Waals surface area contributed by atoms with E-state index in [0.717, 1.165) is 6.07 Å². The lowest BCUT2D eigenvalue weighted by molar-refractivity contribution is 0.0458. The average molecular weight is 269 g/mol. The molecule has 0 radical (unpaired) electrons. The molecule has 2 N–H and O–H groups in total. The molecule has 0 spiro atoms. The molecule has 0 aliphatic carbocycles. The number of nitrogens with two attached hydrogens (primary N) is 1. The maximum atomic E-state index is 13.4. The molecular weight excluding hydrogens is 260 g/mol. The van der Waals surface area contributed by atoms with Crippen LogP contribution in [0.25, 0.3) is 0 Å². The third-order valence-electron chi connectivity index (χ3n) is 2.39. The van der Waals surface area contributed by atoms with Crippen LogP contribution in [0.15, 0.2) is 16.8 Å². The standard InChI is InChI=1S/C11H9F2N3O3/c1-5-10(16-19-15-5)4-18-11(17)6-2-9(14)8(13)3-7(6)12/h2-3H,4,14H2,1H3. The van der Waals surface area contributed by atoms with Crippen LogP contribution in [0.1, 0.15) is 21.7 Å². The van der Waals surface area contributed by atoms with E-state index in [2.05, 4.69) is 14.9 Å². The van der Waals surface area contributed by atoms with Crippen LogP contribution in [-0.2, 0) is 11.3 Å². The summed E-state index contributed by atoms with van der Waals surface area (Å²) in [6, 6.07) is 1.40. The summed E-state index contributed by atoms with van der Waals surface area (Å²) in [4.78, 5) is 11.6. The fourth-order valence-corrected chi connectivity index (χ4v) is 1.31. The Balaban J connectivity index is 2.12. The lowest BCUT2D eigenvalue weighted by atomic mass is 10.2. The fourth-order valence-electron chi connectivity index (χ4n) is 1.31. The Kier molecular flexibility index (Phi) is 3.41. The van der Waals surface area contributed by atoms with Crippen LogP contribution < -0.4 is 5.73 Å². The molecule has 0 atom stereocenters. The highest BCUT2D eigenvalue weighted by molar-refractivity contribution is 5.90. The Bertz CT molecular complexity index is 628. The summed E-state index contributed by atoms with van der Waals surface area (Å²) in [5, 5.41) is 6.98. The molecule has 0 saturated heterocycles. The van der Waals surface area contributed by atoms with Crippen molar-refractivity contribution in [2.75, 3.05) is 5.73 Å². The second kappa shape index (κ2) is 5.01. The van der Waals surface area contributed by atoms with Crippen molar-refractivity contribution in [1.82, 2.24) is 10.3 Å². The van der Waals surface area contributed by atoms with Gasteiger partial charge in [-0.3, -0.25) is 0 Å². The van der Waals surface area contributed by atoms with E-state index in [1.54, 1.807) is 6.92 Å². The lowest BCUT2D eigenvalue weighted by Gasteiger charge is -2.05. The summed E-state index contributed by atoms with van der Waals surface area (Å²) < 4.78 is 35.5. The van der Waals surface area contributed by atoms with E-state index in [1.807, 2.05) is 0 Å². The Morgan fingerprint density at radius 3 is 2.74 bits per heavy atom. The van der Waals surface area contributed by atoms with Crippen LogP contribution in [0.5, 0.6) is 0 Å². The maximum absolute atomic E-state index is 13.4. The van der Waals surface area contributed by atoms with E-state index in [1.165, 1.54) is 0 Å². The van der Waals surface area contributed by atoms with E-state index in [4.69, 9.17) is 10.5 Å². The number of ether oxygens (including phenoxy) is 1. The molecule has 19 heavy (non-hydrogen) atoms. The molecule has 0 amide bonds. The van der Waals surface area contributed by atoms with Crippen molar-refractivity contribution in [3.05, 3.63) is 40.7 Å². The molecule has 0 unspecified atom stereocenters. The molecule has 0 aliphatic rings. The van der Waals surface area contributed by atoms with Crippen molar-refractivity contribution in [1.29, 1.82) is 0 Å². The van der Waals surface area contributed by atoms with Crippen LogP contribution in [0.3, 0.4) is 0 Å². The minimum absolute atomic E-state index is 0.231. The highest BCUT2D eigenvalue weighted by Gasteiger charge is 2.17. The van der Waals surface area contributed by atoms with Gasteiger partial charge in [0, 0.05) is 6.07 Å². The zero-order valence-corrected chi connectivity index (χ0v) is 9.81. The van der Waals surface area contributed by atoms with Crippen LogP contribution in [0.2, 0.25) is 0 Å². The predicted molar refractivity (Wildman–Crippen MR) is 58.9 cm³/mol. The first kappa shape index (κ1) is 12.9. The highest BCUT2D eigenvalue weighted by atomic mass is 19.1. The molecule has 0 bridgehead atoms. The van der Waals surface area contributed by atoms with Crippen molar-refractivity contribution in [2.45, 2.75) is 13.5 Å². The van der Waals surface area contributed by atoms with Gasteiger partial charge in [0.25, 0.3) is 0 Å². The van der Waals surface area contributed by atoms with E-state index < -0.39 is 23.2 Å². The molecular formula is C11H9F2N3O3. The molecule has 1 heterocycles. The highest BCUT2D eigenvalue weighted by Crippen LogP contribution is 2.18. The molecule has 8 heteroatoms. The fraction of sp³-hybridized carbons (Fsp3) is 0.182. The normalized spacial score (nSPS) is 10.5. The number of halogens is 2. The predicted octanol–water partition coefficient (Wildman–Crippen LogP) is 1.60. The number of esters is 1. The van der Waals surface area contributed by atoms with Gasteiger partial charge in [0.15, 0.2) is 0 Å². The first-order valence-electron chi connectivity index (χ1n) is 5.18. The van der Waals surface area contributed by atoms with E-state index in [9.17, 15) is 13.6 Å². The molecule has 100 valence electrons. The van der Waals surface area contributed by atoms with Crippen molar-refractivity contribution in [3.8, 4) is 0 Å². The maximum Gasteiger partial charge on any atom is 0.341 e. The number of carbonyl (C=O) groups is 1. The van der Waals surface area contributed by atoms with Gasteiger partial charge in [-0.05, 0) is 13.0 Å². The zero-order valence-electron chi connectivity index (χ0n) is 9.81. The second-order valence-electron chi connectivity index (χ2n) is 3.73. The van der Waals surface area contributed by atoms with Crippen molar-refractivity contribution < 1.29 is 22.9 Å². The number of aromatic nitrogens is 2. The minimum atomic E-state index is -1.05. The summed E-state index contributed by atoms with van der Waals surface area (Å²) in [5.41, 5.74) is 5.22. The van der Waals surface area contributed by atoms with Crippen LogP contribution in [0, 0.1) is 18.6 Å². The summed E-state index contributed by atoms with van der Waals surface area (Å²) in [6.07, 6.45) is 0. The third kappa shape index (κ3) is 2.67. The lowest BCUT2D eigenvalue weighted by Crippen LogP contribution is -2.10. The average Bonchev–Trinajstić information content (AvgIpc) is 2.76. The molecule has 1 aromatic carbocycles. The Morgan fingerprint density at radius 2 is 2.11 bits per heavy atom. The van der Waals surface area contributed by atoms with Gasteiger partial charge >= 0.3 is 5.97 Å². The van der Waals surface area contributed by atoms with Gasteiger partial charge in [-0.25, -0.2) is 18.2 Å². The topological polar surface area (TPSA) is 91.2 Å². The molecule has 0 saturated carbocycles. The van der Waals surface area contributed by atoms with Gasteiger partial charge in [-0.15, -0.1) is 0 Å². The SMILES string of the molecule is Cc1nonc1COC(=O)c1cc(N)c(F)cc1F. The largest absolute Gasteiger partial charge is 0.455 e. The van der Waals surface area contributed by atoms with E-state index in [-0.39, 0.29) is 12.3 Å². The van der Waals surface area contributed by atoms with Gasteiger partial charge in [-0.2, -0.15) is 0 Å². The quantitative estimate of drug-likeness (QED) is 0.672. The Morgan fingerprint density at radius 1 is 1.37 bits per heavy atom. The third-order valence-corrected chi connectivity index (χ3v) is 2.39. The molecule has 6 nitrogen and oxygen atoms in total. The smallest absolute Gasteiger partial charge is 0.341 e. The molecule has 2 aromatic rings. The van der Waals surface area contributed by atoms with Crippen molar-refractivity contribution >= 4 is 11.7 Å². The summed E-state index contributed by atoms with van der Waals surface area (Å²) >= 11 is 0. The van der Waals surface area contributed by atoms with E-state index >= 15 is 0 Å². The first-order chi connectivity index (χ1) is 8.99. The summed E-state index contributed by atoms with van der Waals surface area (Å²) in [5.74, 6) is -2.97. The minimum Gasteiger partial charge on any atom is -0.455 e. The number of hydrogen-bond donors (Lipinski definition) is 1. The number of benzene rings is 1. The van der Waals surface area contributed by atoms with Gasteiger partial charge in [-0.1, -0.05) is 10.3 Å². The Hall–Kier alpha value is -2.51. The van der Waals surface area contributed by atoms with Crippen molar-refractivity contribution in [2.24, 2.45) is 0 Å². The number of nitrogen functional groups attached to an aromatic ring is 1. The van der Waals surface area contributed by atoms with Crippen LogP contribution in [-0.4, -0.2) is 16.3 Å². The summed E-state index contributed by atoms with van der Waals surface area (Å²) in [6.45, 7) is 1.38. The Labute approximate surface area is 106 Å². The zero-order chi connectivity index (χ0) is 14.0.